The van der Waals surface area contributed by atoms with Crippen molar-refractivity contribution in [1.29, 1.82) is 0 Å². The number of imide groups is 1. The first-order valence-electron chi connectivity index (χ1n) is 18.7. The maximum Gasteiger partial charge on any atom is 0.347 e. The SMILES string of the molecule is COc1cc2nc(CCn3c(=O)n4n(c3=O)[C@@H]3C[C@H]5C(=O)N(c6cccc(Cl)c6)C(=O)[C@@]5(c5ccccc5)[C@@H](c5ccccc5O)C3=CC4)c(=O)n(C)c2cc1OC. The minimum Gasteiger partial charge on any atom is -0.508 e. The Balaban J connectivity index is 1.18. The molecule has 6 aromatic rings. The third-order valence-corrected chi connectivity index (χ3v) is 12.2. The molecule has 0 radical (unpaired) electrons. The van der Waals surface area contributed by atoms with E-state index in [0.29, 0.717) is 49.9 Å². The van der Waals surface area contributed by atoms with Gasteiger partial charge in [0, 0.05) is 48.6 Å². The fraction of sp³-hybridized carbons (Fsp3) is 0.256. The van der Waals surface area contributed by atoms with Crippen molar-refractivity contribution in [1.82, 2.24) is 23.5 Å². The van der Waals surface area contributed by atoms with Crippen molar-refractivity contribution in [3.63, 3.8) is 0 Å². The van der Waals surface area contributed by atoms with E-state index in [-0.39, 0.29) is 37.4 Å². The van der Waals surface area contributed by atoms with Crippen molar-refractivity contribution in [2.24, 2.45) is 13.0 Å². The standard InChI is InChI=1S/C43H37ClN6O8/c1-46-33-23-36(58-3)35(57-2)22-31(33)45-30(39(46)53)17-18-47-41(55)48-19-16-27-32(50(48)42(47)56)21-29-38(52)49(26-13-9-12-25(44)20-26)40(54)43(29,24-10-5-4-6-11-24)37(27)28-14-7-8-15-34(28)51/h4-16,20,22-23,29,32,37,51H,17-19,21H2,1-3H3/t29-,32+,37+,43+/m0/s1. The number of hydrogen-bond donors (Lipinski definition) is 1. The number of aryl methyl sites for hydroxylation is 2. The molecule has 58 heavy (non-hydrogen) atoms. The Morgan fingerprint density at radius 3 is 2.33 bits per heavy atom. The van der Waals surface area contributed by atoms with Crippen LogP contribution >= 0.6 is 11.6 Å². The molecule has 2 amide bonds. The number of carbonyl (C=O) groups is 2. The zero-order chi connectivity index (χ0) is 40.6. The van der Waals surface area contributed by atoms with Crippen molar-refractivity contribution < 1.29 is 24.2 Å². The Kier molecular flexibility index (Phi) is 8.77. The van der Waals surface area contributed by atoms with Gasteiger partial charge in [0.25, 0.3) is 5.56 Å². The maximum absolute atomic E-state index is 15.3. The van der Waals surface area contributed by atoms with Crippen LogP contribution in [0.3, 0.4) is 0 Å². The summed E-state index contributed by atoms with van der Waals surface area (Å²) in [5.41, 5.74) is -0.188. The summed E-state index contributed by atoms with van der Waals surface area (Å²) in [6.07, 6.45) is 1.78. The lowest BCUT2D eigenvalue weighted by Gasteiger charge is -2.49. The normalized spacial score (nSPS) is 21.1. The summed E-state index contributed by atoms with van der Waals surface area (Å²) < 4.78 is 16.0. The molecule has 3 aliphatic rings. The molecule has 4 heterocycles. The third-order valence-electron chi connectivity index (χ3n) is 12.0. The van der Waals surface area contributed by atoms with Crippen LogP contribution in [0.1, 0.15) is 35.2 Å². The predicted molar refractivity (Wildman–Crippen MR) is 215 cm³/mol. The smallest absolute Gasteiger partial charge is 0.347 e. The van der Waals surface area contributed by atoms with Gasteiger partial charge in [-0.25, -0.2) is 33.4 Å². The van der Waals surface area contributed by atoms with Crippen molar-refractivity contribution in [2.45, 2.75) is 43.3 Å². The van der Waals surface area contributed by atoms with Gasteiger partial charge in [-0.15, -0.1) is 0 Å². The number of halogens is 1. The number of aromatic nitrogens is 5. The number of aromatic hydroxyl groups is 1. The number of nitrogens with zero attached hydrogens (tertiary/aromatic N) is 6. The fourth-order valence-corrected chi connectivity index (χ4v) is 9.60. The van der Waals surface area contributed by atoms with E-state index in [2.05, 4.69) is 4.98 Å². The summed E-state index contributed by atoms with van der Waals surface area (Å²) in [5, 5.41) is 11.9. The second kappa shape index (κ2) is 13.8. The first kappa shape index (κ1) is 36.9. The summed E-state index contributed by atoms with van der Waals surface area (Å²) in [6.45, 7) is -0.182. The van der Waals surface area contributed by atoms with Crippen molar-refractivity contribution in [2.75, 3.05) is 19.1 Å². The van der Waals surface area contributed by atoms with Crippen LogP contribution in [0.4, 0.5) is 5.69 Å². The van der Waals surface area contributed by atoms with Gasteiger partial charge in [-0.2, -0.15) is 0 Å². The number of benzene rings is 4. The Labute approximate surface area is 335 Å². The minimum atomic E-state index is -1.55. The average Bonchev–Trinajstić information content (AvgIpc) is 3.61. The Morgan fingerprint density at radius 1 is 0.879 bits per heavy atom. The second-order valence-corrected chi connectivity index (χ2v) is 15.1. The number of phenolic OH excluding ortho intramolecular Hbond substituents is 1. The highest BCUT2D eigenvalue weighted by Gasteiger charge is 2.69. The van der Waals surface area contributed by atoms with Crippen LogP contribution < -0.4 is 31.3 Å². The number of carbonyl (C=O) groups excluding carboxylic acids is 2. The minimum absolute atomic E-state index is 0.00606. The van der Waals surface area contributed by atoms with Gasteiger partial charge in [-0.05, 0) is 41.8 Å². The van der Waals surface area contributed by atoms with Crippen molar-refractivity contribution in [3.8, 4) is 17.2 Å². The first-order chi connectivity index (χ1) is 28.0. The predicted octanol–water partition coefficient (Wildman–Crippen LogP) is 4.47. The van der Waals surface area contributed by atoms with E-state index in [1.54, 1.807) is 73.8 Å². The Bertz CT molecular complexity index is 2910. The number of methoxy groups -OCH3 is 2. The van der Waals surface area contributed by atoms with Crippen LogP contribution in [-0.2, 0) is 41.6 Å². The van der Waals surface area contributed by atoms with Gasteiger partial charge in [0.05, 0.1) is 54.9 Å². The highest BCUT2D eigenvalue weighted by atomic mass is 35.5. The molecular weight excluding hydrogens is 764 g/mol. The molecule has 1 saturated carbocycles. The highest BCUT2D eigenvalue weighted by Crippen LogP contribution is 2.63. The number of para-hydroxylation sites is 1. The molecule has 4 aromatic carbocycles. The molecule has 0 unspecified atom stereocenters. The summed E-state index contributed by atoms with van der Waals surface area (Å²) >= 11 is 6.39. The maximum atomic E-state index is 15.3. The molecule has 9 rings (SSSR count). The third kappa shape index (κ3) is 5.24. The zero-order valence-corrected chi connectivity index (χ0v) is 32.4. The summed E-state index contributed by atoms with van der Waals surface area (Å²) in [7, 11) is 4.60. The largest absolute Gasteiger partial charge is 0.508 e. The molecular formula is C43H37ClN6O8. The number of ether oxygens (including phenoxy) is 2. The van der Waals surface area contributed by atoms with Gasteiger partial charge < -0.3 is 19.1 Å². The van der Waals surface area contributed by atoms with E-state index in [1.165, 1.54) is 34.2 Å². The summed E-state index contributed by atoms with van der Waals surface area (Å²) in [6, 6.07) is 24.7. The lowest BCUT2D eigenvalue weighted by Crippen LogP contribution is -2.53. The molecule has 294 valence electrons. The molecule has 0 bridgehead atoms. The van der Waals surface area contributed by atoms with Crippen LogP contribution in [0.15, 0.2) is 117 Å². The molecule has 2 aliphatic heterocycles. The van der Waals surface area contributed by atoms with Gasteiger partial charge in [0.1, 0.15) is 11.4 Å². The van der Waals surface area contributed by atoms with Gasteiger partial charge in [-0.3, -0.25) is 14.4 Å². The number of anilines is 1. The Hall–Kier alpha value is -6.67. The zero-order valence-electron chi connectivity index (χ0n) is 31.7. The molecule has 15 heteroatoms. The van der Waals surface area contributed by atoms with Gasteiger partial charge in [-0.1, -0.05) is 72.3 Å². The summed E-state index contributed by atoms with van der Waals surface area (Å²) in [4.78, 5) is 78.2. The van der Waals surface area contributed by atoms with E-state index in [0.717, 1.165) is 9.47 Å². The Morgan fingerprint density at radius 2 is 1.60 bits per heavy atom. The number of rotatable bonds is 8. The van der Waals surface area contributed by atoms with E-state index >= 15 is 4.79 Å². The fourth-order valence-electron chi connectivity index (χ4n) is 9.41. The lowest BCUT2D eigenvalue weighted by atomic mass is 9.53. The average molecular weight is 801 g/mol. The van der Waals surface area contributed by atoms with Gasteiger partial charge in [0.15, 0.2) is 11.5 Å². The van der Waals surface area contributed by atoms with Crippen molar-refractivity contribution >= 4 is 40.1 Å². The molecule has 1 aliphatic carbocycles. The van der Waals surface area contributed by atoms with E-state index in [4.69, 9.17) is 21.1 Å². The molecule has 14 nitrogen and oxygen atoms in total. The van der Waals surface area contributed by atoms with Crippen LogP contribution in [0.25, 0.3) is 11.0 Å². The number of fused-ring (bicyclic) bond motifs is 5. The van der Waals surface area contributed by atoms with Crippen molar-refractivity contribution in [3.05, 3.63) is 156 Å². The van der Waals surface area contributed by atoms with Crippen LogP contribution in [0, 0.1) is 5.92 Å². The topological polar surface area (TPSA) is 160 Å². The number of phenols is 1. The van der Waals surface area contributed by atoms with Crippen LogP contribution in [0.2, 0.25) is 5.02 Å². The molecule has 2 aromatic heterocycles. The van der Waals surface area contributed by atoms with Crippen LogP contribution in [0.5, 0.6) is 17.2 Å². The first-order valence-corrected chi connectivity index (χ1v) is 19.1. The molecule has 1 saturated heterocycles. The highest BCUT2D eigenvalue weighted by molar-refractivity contribution is 6.32. The van der Waals surface area contributed by atoms with Gasteiger partial charge >= 0.3 is 11.4 Å². The molecule has 2 fully saturated rings. The van der Waals surface area contributed by atoms with Crippen LogP contribution in [-0.4, -0.2) is 54.6 Å². The molecule has 1 N–H and O–H groups in total. The summed E-state index contributed by atoms with van der Waals surface area (Å²) in [5.74, 6) is -2.18. The second-order valence-electron chi connectivity index (χ2n) is 14.7. The van der Waals surface area contributed by atoms with E-state index in [1.807, 2.05) is 24.3 Å². The number of allylic oxidation sites excluding steroid dienone is 2. The number of amides is 2. The molecule has 4 atom stereocenters. The molecule has 0 spiro atoms. The van der Waals surface area contributed by atoms with E-state index < -0.39 is 52.0 Å². The van der Waals surface area contributed by atoms with Gasteiger partial charge in [0.2, 0.25) is 11.8 Å². The number of hydrogen-bond acceptors (Lipinski definition) is 9. The van der Waals surface area contributed by atoms with E-state index in [9.17, 15) is 24.3 Å². The quantitative estimate of drug-likeness (QED) is 0.173. The lowest BCUT2D eigenvalue weighted by molar-refractivity contribution is -0.124. The monoisotopic (exact) mass is 800 g/mol.